The highest BCUT2D eigenvalue weighted by Gasteiger charge is 2.11. The van der Waals surface area contributed by atoms with Gasteiger partial charge in [-0.25, -0.2) is 4.98 Å². The van der Waals surface area contributed by atoms with E-state index in [-0.39, 0.29) is 6.04 Å². The molecular weight excluding hydrogens is 348 g/mol. The topological polar surface area (TPSA) is 48.1 Å². The van der Waals surface area contributed by atoms with E-state index in [0.717, 1.165) is 39.9 Å². The van der Waals surface area contributed by atoms with Crippen LogP contribution >= 0.6 is 27.3 Å². The van der Waals surface area contributed by atoms with Gasteiger partial charge >= 0.3 is 0 Å². The number of ether oxygens (including phenoxy) is 1. The first-order valence-corrected chi connectivity index (χ1v) is 8.71. The second-order valence-electron chi connectivity index (χ2n) is 5.35. The van der Waals surface area contributed by atoms with E-state index in [0.29, 0.717) is 6.61 Å². The molecule has 0 saturated carbocycles. The summed E-state index contributed by atoms with van der Waals surface area (Å²) in [6.45, 7) is 6.79. The lowest BCUT2D eigenvalue weighted by Gasteiger charge is -2.16. The van der Waals surface area contributed by atoms with Crippen molar-refractivity contribution in [2.24, 2.45) is 5.73 Å². The van der Waals surface area contributed by atoms with Gasteiger partial charge in [0.15, 0.2) is 0 Å². The molecule has 0 fully saturated rings. The van der Waals surface area contributed by atoms with Crippen LogP contribution in [0.2, 0.25) is 0 Å². The van der Waals surface area contributed by atoms with Crippen LogP contribution in [0.15, 0.2) is 22.1 Å². The van der Waals surface area contributed by atoms with Gasteiger partial charge in [0.1, 0.15) is 5.75 Å². The lowest BCUT2D eigenvalue weighted by atomic mass is 10.0. The maximum Gasteiger partial charge on any atom is 0.125 e. The molecule has 2 N–H and O–H groups in total. The van der Waals surface area contributed by atoms with E-state index in [9.17, 15) is 0 Å². The molecule has 0 aliphatic carbocycles. The van der Waals surface area contributed by atoms with Gasteiger partial charge in [0, 0.05) is 21.8 Å². The van der Waals surface area contributed by atoms with Crippen LogP contribution in [0.25, 0.3) is 0 Å². The molecule has 1 heterocycles. The van der Waals surface area contributed by atoms with E-state index < -0.39 is 0 Å². The third-order valence-electron chi connectivity index (χ3n) is 3.28. The van der Waals surface area contributed by atoms with Crippen LogP contribution in [-0.2, 0) is 12.8 Å². The Balaban J connectivity index is 2.09. The van der Waals surface area contributed by atoms with Crippen molar-refractivity contribution in [2.45, 2.75) is 39.7 Å². The van der Waals surface area contributed by atoms with Gasteiger partial charge < -0.3 is 10.5 Å². The van der Waals surface area contributed by atoms with Gasteiger partial charge in [0.2, 0.25) is 0 Å². The molecule has 1 aromatic heterocycles. The van der Waals surface area contributed by atoms with E-state index in [2.05, 4.69) is 40.0 Å². The zero-order valence-electron chi connectivity index (χ0n) is 12.6. The Bertz CT molecular complexity index is 610. The van der Waals surface area contributed by atoms with Crippen molar-refractivity contribution in [1.29, 1.82) is 0 Å². The molecule has 0 saturated heterocycles. The maximum absolute atomic E-state index is 6.05. The lowest BCUT2D eigenvalue weighted by molar-refractivity contribution is 0.316. The molecule has 0 spiro atoms. The number of hydrogen-bond acceptors (Lipinski definition) is 4. The molecule has 0 radical (unpaired) electrons. The molecule has 0 aliphatic rings. The van der Waals surface area contributed by atoms with Crippen molar-refractivity contribution in [3.05, 3.63) is 43.8 Å². The van der Waals surface area contributed by atoms with Gasteiger partial charge in [-0.05, 0) is 50.5 Å². The maximum atomic E-state index is 6.05. The Hall–Kier alpha value is -0.910. The Morgan fingerprint density at radius 2 is 2.14 bits per heavy atom. The normalized spacial score (nSPS) is 12.4. The minimum Gasteiger partial charge on any atom is -0.493 e. The Morgan fingerprint density at radius 3 is 2.76 bits per heavy atom. The summed E-state index contributed by atoms with van der Waals surface area (Å²) in [5.41, 5.74) is 11.2. The molecule has 1 atom stereocenters. The monoisotopic (exact) mass is 368 g/mol. The molecule has 1 aromatic carbocycles. The number of nitrogens with two attached hydrogens (primary N) is 1. The molecule has 2 rings (SSSR count). The fourth-order valence-electron chi connectivity index (χ4n) is 2.32. The van der Waals surface area contributed by atoms with Crippen molar-refractivity contribution >= 4 is 27.3 Å². The van der Waals surface area contributed by atoms with Gasteiger partial charge in [-0.15, -0.1) is 11.3 Å². The summed E-state index contributed by atoms with van der Waals surface area (Å²) in [7, 11) is 0. The number of nitrogens with zero attached hydrogens (tertiary/aromatic N) is 1. The van der Waals surface area contributed by atoms with E-state index in [1.165, 1.54) is 4.88 Å². The molecule has 1 unspecified atom stereocenters. The van der Waals surface area contributed by atoms with Crippen LogP contribution < -0.4 is 10.5 Å². The average Bonchev–Trinajstić information content (AvgIpc) is 2.77. The first-order chi connectivity index (χ1) is 9.97. The van der Waals surface area contributed by atoms with Gasteiger partial charge in [-0.1, -0.05) is 15.9 Å². The fraction of sp³-hybridized carbons (Fsp3) is 0.438. The third kappa shape index (κ3) is 4.53. The molecule has 21 heavy (non-hydrogen) atoms. The van der Waals surface area contributed by atoms with Gasteiger partial charge in [-0.2, -0.15) is 0 Å². The molecule has 0 aliphatic heterocycles. The van der Waals surface area contributed by atoms with Crippen LogP contribution in [-0.4, -0.2) is 17.6 Å². The quantitative estimate of drug-likeness (QED) is 0.836. The third-order valence-corrected chi connectivity index (χ3v) is 4.73. The summed E-state index contributed by atoms with van der Waals surface area (Å²) >= 11 is 5.23. The Morgan fingerprint density at radius 1 is 1.38 bits per heavy atom. The van der Waals surface area contributed by atoms with Crippen LogP contribution in [0.5, 0.6) is 5.75 Å². The number of aromatic nitrogens is 1. The predicted molar refractivity (Wildman–Crippen MR) is 92.3 cm³/mol. The second kappa shape index (κ2) is 7.38. The molecular formula is C16H21BrN2OS. The summed E-state index contributed by atoms with van der Waals surface area (Å²) in [5.74, 6) is 0.970. The van der Waals surface area contributed by atoms with E-state index in [1.807, 2.05) is 19.4 Å². The Labute approximate surface area is 138 Å². The van der Waals surface area contributed by atoms with Crippen molar-refractivity contribution in [2.75, 3.05) is 6.61 Å². The zero-order chi connectivity index (χ0) is 15.4. The second-order valence-corrected chi connectivity index (χ2v) is 7.21. The van der Waals surface area contributed by atoms with Crippen molar-refractivity contribution in [1.82, 2.24) is 4.98 Å². The summed E-state index contributed by atoms with van der Waals surface area (Å²) in [4.78, 5) is 5.56. The molecule has 2 aromatic rings. The highest BCUT2D eigenvalue weighted by Crippen LogP contribution is 2.29. The van der Waals surface area contributed by atoms with Crippen molar-refractivity contribution in [3.63, 3.8) is 0 Å². The number of thiazole rings is 1. The molecule has 5 heteroatoms. The zero-order valence-corrected chi connectivity index (χ0v) is 15.1. The highest BCUT2D eigenvalue weighted by molar-refractivity contribution is 9.10. The average molecular weight is 369 g/mol. The number of rotatable bonds is 6. The number of benzene rings is 1. The summed E-state index contributed by atoms with van der Waals surface area (Å²) in [5, 5.41) is 0. The van der Waals surface area contributed by atoms with Crippen LogP contribution in [0.4, 0.5) is 0 Å². The molecule has 114 valence electrons. The summed E-state index contributed by atoms with van der Waals surface area (Å²) < 4.78 is 7.13. The van der Waals surface area contributed by atoms with Gasteiger partial charge in [0.25, 0.3) is 0 Å². The summed E-state index contributed by atoms with van der Waals surface area (Å²) in [6, 6.07) is 4.30. The Kier molecular flexibility index (Phi) is 5.79. The highest BCUT2D eigenvalue weighted by atomic mass is 79.9. The fourth-order valence-corrected chi connectivity index (χ4v) is 3.70. The van der Waals surface area contributed by atoms with Crippen LogP contribution in [0.1, 0.15) is 28.6 Å². The predicted octanol–water partition coefficient (Wildman–Crippen LogP) is 4.03. The minimum atomic E-state index is 0.116. The van der Waals surface area contributed by atoms with Crippen molar-refractivity contribution in [3.8, 4) is 5.75 Å². The smallest absolute Gasteiger partial charge is 0.125 e. The van der Waals surface area contributed by atoms with Crippen molar-refractivity contribution < 1.29 is 4.74 Å². The van der Waals surface area contributed by atoms with Gasteiger partial charge in [-0.3, -0.25) is 0 Å². The van der Waals surface area contributed by atoms with Crippen LogP contribution in [0.3, 0.4) is 0 Å². The first-order valence-electron chi connectivity index (χ1n) is 7.03. The minimum absolute atomic E-state index is 0.116. The standard InChI is InChI=1S/C16H21BrN2OS/c1-10-6-14(17)8-13(7-11(2)18)16(10)20-5-4-15-12(3)19-9-21-15/h6,8-9,11H,4-5,7,18H2,1-3H3. The summed E-state index contributed by atoms with van der Waals surface area (Å²) in [6.07, 6.45) is 1.71. The van der Waals surface area contributed by atoms with E-state index in [1.54, 1.807) is 11.3 Å². The van der Waals surface area contributed by atoms with Crippen LogP contribution in [0, 0.1) is 13.8 Å². The first kappa shape index (κ1) is 16.5. The largest absolute Gasteiger partial charge is 0.493 e. The molecule has 3 nitrogen and oxygen atoms in total. The van der Waals surface area contributed by atoms with E-state index in [4.69, 9.17) is 10.5 Å². The SMILES string of the molecule is Cc1cc(Br)cc(CC(C)N)c1OCCc1scnc1C. The molecule has 0 bridgehead atoms. The van der Waals surface area contributed by atoms with Gasteiger partial charge in [0.05, 0.1) is 17.8 Å². The number of halogens is 1. The molecule has 0 amide bonds. The number of hydrogen-bond donors (Lipinski definition) is 1. The lowest BCUT2D eigenvalue weighted by Crippen LogP contribution is -2.19. The van der Waals surface area contributed by atoms with E-state index >= 15 is 0 Å². The number of aryl methyl sites for hydroxylation is 2.